The van der Waals surface area contributed by atoms with Crippen molar-refractivity contribution in [3.05, 3.63) is 0 Å². The zero-order valence-corrected chi connectivity index (χ0v) is 25.1. The van der Waals surface area contributed by atoms with Crippen LogP contribution in [0.2, 0.25) is 0 Å². The van der Waals surface area contributed by atoms with Crippen LogP contribution in [0.4, 0.5) is 0 Å². The predicted octanol–water partition coefficient (Wildman–Crippen LogP) is -1.40. The average Bonchev–Trinajstić information content (AvgIpc) is 2.87. The van der Waals surface area contributed by atoms with Gasteiger partial charge < -0.3 is 52.5 Å². The summed E-state index contributed by atoms with van der Waals surface area (Å²) in [4.78, 5) is 83.3. The van der Waals surface area contributed by atoms with E-state index in [1.807, 2.05) is 0 Å². The lowest BCUT2D eigenvalue weighted by Gasteiger charge is -2.47. The number of rotatable bonds is 11. The van der Waals surface area contributed by atoms with Crippen molar-refractivity contribution in [1.82, 2.24) is 0 Å². The normalized spacial score (nSPS) is 31.5. The number of esters is 7. The summed E-state index contributed by atoms with van der Waals surface area (Å²) in [6, 6.07) is 0. The number of aliphatic hydroxyl groups is 1. The lowest BCUT2D eigenvalue weighted by Crippen LogP contribution is -2.67. The second kappa shape index (κ2) is 16.3. The lowest BCUT2D eigenvalue weighted by atomic mass is 9.96. The number of carbonyl (C=O) groups is 7. The molecule has 0 saturated carbocycles. The molecule has 2 heterocycles. The molecule has 44 heavy (non-hydrogen) atoms. The first kappa shape index (κ1) is 36.3. The molecule has 0 bridgehead atoms. The van der Waals surface area contributed by atoms with E-state index < -0.39 is 116 Å². The van der Waals surface area contributed by atoms with Crippen LogP contribution in [0, 0.1) is 0 Å². The van der Waals surface area contributed by atoms with Crippen molar-refractivity contribution in [2.45, 2.75) is 110 Å². The Bertz CT molecular complexity index is 1090. The Morgan fingerprint density at radius 3 is 1.20 bits per heavy atom. The van der Waals surface area contributed by atoms with Gasteiger partial charge in [-0.3, -0.25) is 33.6 Å². The van der Waals surface area contributed by atoms with Gasteiger partial charge in [0, 0.05) is 48.5 Å². The molecule has 18 heteroatoms. The van der Waals surface area contributed by atoms with Crippen LogP contribution in [0.15, 0.2) is 0 Å². The molecule has 2 saturated heterocycles. The summed E-state index contributed by atoms with van der Waals surface area (Å²) < 4.78 is 53.9. The van der Waals surface area contributed by atoms with Gasteiger partial charge in [-0.05, 0) is 0 Å². The zero-order chi connectivity index (χ0) is 33.3. The fraction of sp³-hybridized carbons (Fsp3) is 0.731. The third kappa shape index (κ3) is 10.7. The molecule has 2 fully saturated rings. The largest absolute Gasteiger partial charge is 0.463 e. The van der Waals surface area contributed by atoms with E-state index in [-0.39, 0.29) is 0 Å². The van der Waals surface area contributed by atoms with Crippen LogP contribution in [-0.2, 0) is 80.9 Å². The summed E-state index contributed by atoms with van der Waals surface area (Å²) in [7, 11) is 0. The summed E-state index contributed by atoms with van der Waals surface area (Å²) in [5.41, 5.74) is 0. The Morgan fingerprint density at radius 2 is 0.818 bits per heavy atom. The minimum absolute atomic E-state index is 0.534. The Balaban J connectivity index is 2.59. The Morgan fingerprint density at radius 1 is 0.477 bits per heavy atom. The van der Waals surface area contributed by atoms with Crippen molar-refractivity contribution in [3.63, 3.8) is 0 Å². The molecule has 0 aliphatic carbocycles. The summed E-state index contributed by atoms with van der Waals surface area (Å²) >= 11 is 0. The molecule has 2 aliphatic heterocycles. The van der Waals surface area contributed by atoms with Crippen LogP contribution in [0.3, 0.4) is 0 Å². The van der Waals surface area contributed by atoms with Gasteiger partial charge >= 0.3 is 41.8 Å². The predicted molar refractivity (Wildman–Crippen MR) is 135 cm³/mol. The molecule has 248 valence electrons. The van der Waals surface area contributed by atoms with Crippen molar-refractivity contribution in [2.24, 2.45) is 0 Å². The molecule has 0 amide bonds. The first-order valence-electron chi connectivity index (χ1n) is 13.3. The third-order valence-corrected chi connectivity index (χ3v) is 5.90. The van der Waals surface area contributed by atoms with Crippen molar-refractivity contribution in [1.29, 1.82) is 0 Å². The fourth-order valence-corrected chi connectivity index (χ4v) is 4.49. The molecule has 1 unspecified atom stereocenters. The van der Waals surface area contributed by atoms with Crippen LogP contribution < -0.4 is 0 Å². The number of carbonyl (C=O) groups excluding carboxylic acids is 7. The molecule has 0 radical (unpaired) electrons. The number of aliphatic hydroxyl groups excluding tert-OH is 1. The van der Waals surface area contributed by atoms with E-state index in [1.54, 1.807) is 0 Å². The standard InChI is InChI=1S/C26H36O18/c1-10(27)35-8-17-19(37-12(3)29)21(39-14(5)31)23(25(34)42-17)44-26-24(41-16(7)33)22(40-15(6)32)20(38-13(4)30)18(43-26)9-36-11(2)28/h17-26,34H,8-9H2,1-7H3/t17-,18-,19-,20-,21+,22+,23+,24+,25?,26-/m1/s1. The second-order valence-electron chi connectivity index (χ2n) is 9.68. The first-order chi connectivity index (χ1) is 20.5. The van der Waals surface area contributed by atoms with E-state index in [0.717, 1.165) is 48.5 Å². The van der Waals surface area contributed by atoms with E-state index in [2.05, 4.69) is 0 Å². The molecule has 2 aliphatic rings. The van der Waals surface area contributed by atoms with Gasteiger partial charge in [-0.2, -0.15) is 0 Å². The van der Waals surface area contributed by atoms with E-state index in [4.69, 9.17) is 47.4 Å². The highest BCUT2D eigenvalue weighted by molar-refractivity contribution is 5.69. The van der Waals surface area contributed by atoms with E-state index >= 15 is 0 Å². The van der Waals surface area contributed by atoms with Crippen LogP contribution >= 0.6 is 0 Å². The Hall–Kier alpha value is -3.87. The molecule has 0 spiro atoms. The van der Waals surface area contributed by atoms with E-state index in [9.17, 15) is 38.7 Å². The van der Waals surface area contributed by atoms with Crippen LogP contribution in [0.25, 0.3) is 0 Å². The van der Waals surface area contributed by atoms with Crippen molar-refractivity contribution in [2.75, 3.05) is 13.2 Å². The highest BCUT2D eigenvalue weighted by Crippen LogP contribution is 2.34. The molecule has 18 nitrogen and oxygen atoms in total. The molecule has 2 rings (SSSR count). The summed E-state index contributed by atoms with van der Waals surface area (Å²) in [5, 5.41) is 11.0. The molecule has 0 aromatic rings. The SMILES string of the molecule is CC(=O)OC[C@H]1O[C@H](O[C@@H]2C(O)O[C@H](COC(C)=O)[C@@H](OC(C)=O)[C@@H]2OC(C)=O)[C@@H](OC(C)=O)[C@@H](OC(C)=O)[C@@H]1OC(C)=O. The van der Waals surface area contributed by atoms with Gasteiger partial charge in [0.1, 0.15) is 25.4 Å². The molecule has 0 aromatic carbocycles. The van der Waals surface area contributed by atoms with Gasteiger partial charge in [-0.1, -0.05) is 0 Å². The molecule has 10 atom stereocenters. The molecule has 1 N–H and O–H groups in total. The number of hydrogen-bond donors (Lipinski definition) is 1. The fourth-order valence-electron chi connectivity index (χ4n) is 4.49. The Labute approximate surface area is 251 Å². The zero-order valence-electron chi connectivity index (χ0n) is 25.1. The lowest BCUT2D eigenvalue weighted by molar-refractivity contribution is -0.363. The van der Waals surface area contributed by atoms with Crippen LogP contribution in [0.1, 0.15) is 48.5 Å². The third-order valence-electron chi connectivity index (χ3n) is 5.90. The quantitative estimate of drug-likeness (QED) is 0.203. The number of hydrogen-bond acceptors (Lipinski definition) is 18. The minimum Gasteiger partial charge on any atom is -0.463 e. The van der Waals surface area contributed by atoms with Gasteiger partial charge in [0.2, 0.25) is 0 Å². The summed E-state index contributed by atoms with van der Waals surface area (Å²) in [5.74, 6) is -5.97. The monoisotopic (exact) mass is 636 g/mol. The maximum Gasteiger partial charge on any atom is 0.303 e. The highest BCUT2D eigenvalue weighted by atomic mass is 16.8. The molecular formula is C26H36O18. The van der Waals surface area contributed by atoms with Gasteiger partial charge in [0.15, 0.2) is 49.2 Å². The average molecular weight is 637 g/mol. The van der Waals surface area contributed by atoms with Crippen molar-refractivity contribution < 1.29 is 86.0 Å². The van der Waals surface area contributed by atoms with Crippen LogP contribution in [0.5, 0.6) is 0 Å². The maximum atomic E-state index is 12.1. The van der Waals surface area contributed by atoms with Gasteiger partial charge in [0.25, 0.3) is 0 Å². The molecule has 0 aromatic heterocycles. The first-order valence-corrected chi connectivity index (χ1v) is 13.3. The van der Waals surface area contributed by atoms with Gasteiger partial charge in [0.05, 0.1) is 0 Å². The van der Waals surface area contributed by atoms with E-state index in [1.165, 1.54) is 0 Å². The van der Waals surface area contributed by atoms with E-state index in [0.29, 0.717) is 0 Å². The second-order valence-corrected chi connectivity index (χ2v) is 9.68. The van der Waals surface area contributed by atoms with Crippen molar-refractivity contribution >= 4 is 41.8 Å². The Kier molecular flexibility index (Phi) is 13.4. The smallest absolute Gasteiger partial charge is 0.303 e. The van der Waals surface area contributed by atoms with Crippen LogP contribution in [-0.4, -0.2) is 122 Å². The number of ether oxygens (including phenoxy) is 10. The highest BCUT2D eigenvalue weighted by Gasteiger charge is 2.57. The van der Waals surface area contributed by atoms with Gasteiger partial charge in [-0.15, -0.1) is 0 Å². The maximum absolute atomic E-state index is 12.1. The summed E-state index contributed by atoms with van der Waals surface area (Å²) in [6.45, 7) is 6.19. The minimum atomic E-state index is -1.99. The molecular weight excluding hydrogens is 600 g/mol. The van der Waals surface area contributed by atoms with Gasteiger partial charge in [-0.25, -0.2) is 0 Å². The topological polar surface area (TPSA) is 232 Å². The van der Waals surface area contributed by atoms with Crippen molar-refractivity contribution in [3.8, 4) is 0 Å². The summed E-state index contributed by atoms with van der Waals surface area (Å²) in [6.07, 6.45) is -16.3.